The Labute approximate surface area is 160 Å². The van der Waals surface area contributed by atoms with E-state index in [-0.39, 0.29) is 6.04 Å². The summed E-state index contributed by atoms with van der Waals surface area (Å²) in [6.07, 6.45) is 7.06. The summed E-state index contributed by atoms with van der Waals surface area (Å²) >= 11 is 0. The van der Waals surface area contributed by atoms with Gasteiger partial charge in [0.1, 0.15) is 0 Å². The average molecular weight is 366 g/mol. The largest absolute Gasteiger partial charge is 0.337 e. The number of nitrogens with zero attached hydrogens (tertiary/aromatic N) is 4. The van der Waals surface area contributed by atoms with Gasteiger partial charge in [-0.15, -0.1) is 0 Å². The number of piperazine rings is 1. The molecule has 1 aromatic heterocycles. The summed E-state index contributed by atoms with van der Waals surface area (Å²) in [5.41, 5.74) is 1.13. The number of likely N-dealkylation sites (tertiary alicyclic amines) is 1. The van der Waals surface area contributed by atoms with Crippen molar-refractivity contribution in [3.63, 3.8) is 0 Å². The third-order valence-corrected chi connectivity index (χ3v) is 5.70. The molecule has 3 heterocycles. The molecule has 6 nitrogen and oxygen atoms in total. The molecule has 4 rings (SSSR count). The van der Waals surface area contributed by atoms with Crippen molar-refractivity contribution in [3.8, 4) is 0 Å². The third-order valence-electron chi connectivity index (χ3n) is 5.70. The van der Waals surface area contributed by atoms with Crippen molar-refractivity contribution in [1.29, 1.82) is 0 Å². The number of quaternary nitrogens is 1. The van der Waals surface area contributed by atoms with Crippen molar-refractivity contribution in [2.24, 2.45) is 0 Å². The fourth-order valence-electron chi connectivity index (χ4n) is 4.23. The van der Waals surface area contributed by atoms with Crippen LogP contribution in [0.4, 0.5) is 5.95 Å². The van der Waals surface area contributed by atoms with Crippen molar-refractivity contribution < 1.29 is 9.69 Å². The molecule has 1 atom stereocenters. The average Bonchev–Trinajstić information content (AvgIpc) is 2.76. The lowest BCUT2D eigenvalue weighted by atomic mass is 10.0. The summed E-state index contributed by atoms with van der Waals surface area (Å²) in [6, 6.07) is 12.0. The van der Waals surface area contributed by atoms with Crippen LogP contribution in [0.1, 0.15) is 30.9 Å². The minimum Gasteiger partial charge on any atom is -0.337 e. The Hall–Kier alpha value is -2.47. The Kier molecular flexibility index (Phi) is 5.63. The van der Waals surface area contributed by atoms with E-state index in [1.807, 2.05) is 24.3 Å². The van der Waals surface area contributed by atoms with Crippen LogP contribution in [0.5, 0.6) is 0 Å². The highest BCUT2D eigenvalue weighted by atomic mass is 16.2. The van der Waals surface area contributed by atoms with E-state index >= 15 is 0 Å². The van der Waals surface area contributed by atoms with Crippen molar-refractivity contribution in [3.05, 3.63) is 54.4 Å². The number of aromatic nitrogens is 2. The molecule has 1 N–H and O–H groups in total. The van der Waals surface area contributed by atoms with Gasteiger partial charge in [0, 0.05) is 31.0 Å². The van der Waals surface area contributed by atoms with Gasteiger partial charge in [-0.05, 0) is 25.3 Å². The van der Waals surface area contributed by atoms with E-state index in [9.17, 15) is 4.79 Å². The first kappa shape index (κ1) is 17.9. The van der Waals surface area contributed by atoms with Gasteiger partial charge in [-0.1, -0.05) is 30.3 Å². The Balaban J connectivity index is 1.50. The second-order valence-corrected chi connectivity index (χ2v) is 7.42. The van der Waals surface area contributed by atoms with Gasteiger partial charge in [-0.25, -0.2) is 9.97 Å². The highest BCUT2D eigenvalue weighted by Gasteiger charge is 2.37. The van der Waals surface area contributed by atoms with Crippen molar-refractivity contribution in [2.75, 3.05) is 44.2 Å². The van der Waals surface area contributed by atoms with Gasteiger partial charge >= 0.3 is 0 Å². The molecule has 2 fully saturated rings. The Morgan fingerprint density at radius 1 is 0.889 bits per heavy atom. The van der Waals surface area contributed by atoms with E-state index in [1.54, 1.807) is 12.4 Å². The Morgan fingerprint density at radius 2 is 1.56 bits per heavy atom. The van der Waals surface area contributed by atoms with Crippen LogP contribution < -0.4 is 9.80 Å². The summed E-state index contributed by atoms with van der Waals surface area (Å²) in [5.74, 6) is 1.08. The monoisotopic (exact) mass is 366 g/mol. The predicted octanol–water partition coefficient (Wildman–Crippen LogP) is 0.935. The number of amides is 1. The first-order valence-corrected chi connectivity index (χ1v) is 10.0. The first-order valence-electron chi connectivity index (χ1n) is 10.0. The number of rotatable bonds is 4. The number of hydrogen-bond acceptors (Lipinski definition) is 4. The van der Waals surface area contributed by atoms with Gasteiger partial charge < -0.3 is 14.7 Å². The smallest absolute Gasteiger partial charge is 0.285 e. The van der Waals surface area contributed by atoms with E-state index in [4.69, 9.17) is 0 Å². The van der Waals surface area contributed by atoms with Gasteiger partial charge in [-0.3, -0.25) is 4.79 Å². The molecular weight excluding hydrogens is 338 g/mol. The lowest BCUT2D eigenvalue weighted by Gasteiger charge is -2.38. The highest BCUT2D eigenvalue weighted by Crippen LogP contribution is 2.18. The molecule has 0 unspecified atom stereocenters. The minimum absolute atomic E-state index is 0.108. The lowest BCUT2D eigenvalue weighted by Crippen LogP contribution is -3.16. The van der Waals surface area contributed by atoms with Crippen molar-refractivity contribution in [2.45, 2.75) is 25.3 Å². The van der Waals surface area contributed by atoms with Crippen molar-refractivity contribution in [1.82, 2.24) is 14.9 Å². The molecule has 0 radical (unpaired) electrons. The number of nitrogens with one attached hydrogen (secondary N) is 1. The van der Waals surface area contributed by atoms with Crippen LogP contribution in [-0.2, 0) is 4.79 Å². The number of piperidine rings is 1. The van der Waals surface area contributed by atoms with Crippen molar-refractivity contribution >= 4 is 11.9 Å². The van der Waals surface area contributed by atoms with Gasteiger partial charge in [0.15, 0.2) is 6.04 Å². The molecule has 0 saturated carbocycles. The Bertz CT molecular complexity index is 725. The molecule has 2 aliphatic rings. The molecule has 0 aliphatic carbocycles. The summed E-state index contributed by atoms with van der Waals surface area (Å²) in [7, 11) is 0. The zero-order chi connectivity index (χ0) is 18.5. The van der Waals surface area contributed by atoms with Gasteiger partial charge in [-0.2, -0.15) is 0 Å². The second kappa shape index (κ2) is 8.48. The lowest BCUT2D eigenvalue weighted by molar-refractivity contribution is -0.923. The summed E-state index contributed by atoms with van der Waals surface area (Å²) < 4.78 is 0. The van der Waals surface area contributed by atoms with Crippen LogP contribution >= 0.6 is 0 Å². The number of benzene rings is 1. The normalized spacial score (nSPS) is 19.7. The molecule has 1 aromatic carbocycles. The maximum Gasteiger partial charge on any atom is 0.285 e. The Morgan fingerprint density at radius 3 is 2.22 bits per heavy atom. The summed E-state index contributed by atoms with van der Waals surface area (Å²) in [5, 5.41) is 0. The molecule has 2 aromatic rings. The van der Waals surface area contributed by atoms with E-state index < -0.39 is 0 Å². The van der Waals surface area contributed by atoms with E-state index in [2.05, 4.69) is 31.9 Å². The number of hydrogen-bond donors (Lipinski definition) is 1. The van der Waals surface area contributed by atoms with Crippen LogP contribution in [0, 0.1) is 0 Å². The molecule has 2 aliphatic heterocycles. The van der Waals surface area contributed by atoms with Gasteiger partial charge in [0.05, 0.1) is 26.2 Å². The molecular formula is C21H28N5O+. The summed E-state index contributed by atoms with van der Waals surface area (Å²) in [4.78, 5) is 27.8. The highest BCUT2D eigenvalue weighted by molar-refractivity contribution is 5.82. The van der Waals surface area contributed by atoms with E-state index in [0.717, 1.165) is 63.6 Å². The molecule has 6 heteroatoms. The topological polar surface area (TPSA) is 53.8 Å². The van der Waals surface area contributed by atoms with Gasteiger partial charge in [0.2, 0.25) is 5.95 Å². The van der Waals surface area contributed by atoms with Crippen LogP contribution in [0.3, 0.4) is 0 Å². The van der Waals surface area contributed by atoms with Crippen LogP contribution in [0.2, 0.25) is 0 Å². The second-order valence-electron chi connectivity index (χ2n) is 7.42. The predicted molar refractivity (Wildman–Crippen MR) is 105 cm³/mol. The van der Waals surface area contributed by atoms with E-state index in [1.165, 1.54) is 11.3 Å². The molecule has 0 bridgehead atoms. The summed E-state index contributed by atoms with van der Waals surface area (Å²) in [6.45, 7) is 5.37. The number of carbonyl (C=O) groups excluding carboxylic acids is 1. The third kappa shape index (κ3) is 4.11. The zero-order valence-electron chi connectivity index (χ0n) is 15.8. The maximum atomic E-state index is 13.4. The molecule has 2 saturated heterocycles. The number of anilines is 1. The van der Waals surface area contributed by atoms with Crippen LogP contribution in [-0.4, -0.2) is 60.0 Å². The SMILES string of the molecule is O=C([C@@H](c1ccccc1)[NH+]1CCN(c2ncccn2)CC1)N1CCCCC1. The molecule has 27 heavy (non-hydrogen) atoms. The molecule has 1 amide bonds. The van der Waals surface area contributed by atoms with Crippen LogP contribution in [0.15, 0.2) is 48.8 Å². The zero-order valence-corrected chi connectivity index (χ0v) is 15.8. The molecule has 142 valence electrons. The fourth-order valence-corrected chi connectivity index (χ4v) is 4.23. The maximum absolute atomic E-state index is 13.4. The first-order chi connectivity index (χ1) is 13.3. The standard InChI is InChI=1S/C21H27N5O/c27-20(25-12-5-2-6-13-25)19(18-8-3-1-4-9-18)24-14-16-26(17-15-24)21-22-10-7-11-23-21/h1,3-4,7-11,19H,2,5-6,12-17H2/p+1/t19-/m1/s1. The molecule has 0 spiro atoms. The van der Waals surface area contributed by atoms with E-state index in [0.29, 0.717) is 5.91 Å². The fraction of sp³-hybridized carbons (Fsp3) is 0.476. The van der Waals surface area contributed by atoms with Crippen LogP contribution in [0.25, 0.3) is 0 Å². The van der Waals surface area contributed by atoms with Gasteiger partial charge in [0.25, 0.3) is 5.91 Å². The quantitative estimate of drug-likeness (QED) is 0.875. The minimum atomic E-state index is -0.108. The number of carbonyl (C=O) groups is 1.